The normalized spacial score (nSPS) is 24.8. The highest BCUT2D eigenvalue weighted by atomic mass is 32.2. The minimum atomic E-state index is -3.10. The molecule has 1 aromatic rings. The summed E-state index contributed by atoms with van der Waals surface area (Å²) in [4.78, 5) is 23.1. The summed E-state index contributed by atoms with van der Waals surface area (Å²) in [7, 11) is -3.10. The molecule has 1 aliphatic carbocycles. The topological polar surface area (TPSA) is 92.3 Å². The van der Waals surface area contributed by atoms with Crippen molar-refractivity contribution in [3.63, 3.8) is 0 Å². The van der Waals surface area contributed by atoms with E-state index in [0.29, 0.717) is 23.2 Å². The summed E-state index contributed by atoms with van der Waals surface area (Å²) < 4.78 is 23.5. The van der Waals surface area contributed by atoms with Gasteiger partial charge in [0.15, 0.2) is 9.84 Å². The van der Waals surface area contributed by atoms with Crippen LogP contribution in [-0.2, 0) is 9.84 Å². The number of anilines is 1. The molecule has 0 radical (unpaired) electrons. The molecule has 112 valence electrons. The maximum absolute atomic E-state index is 11.8. The molecule has 2 atom stereocenters. The Bertz CT molecular complexity index is 726. The van der Waals surface area contributed by atoms with Gasteiger partial charge in [-0.1, -0.05) is 0 Å². The van der Waals surface area contributed by atoms with Crippen LogP contribution in [0.1, 0.15) is 40.0 Å². The van der Waals surface area contributed by atoms with E-state index in [-0.39, 0.29) is 6.04 Å². The van der Waals surface area contributed by atoms with Crippen LogP contribution >= 0.6 is 0 Å². The number of imide groups is 1. The highest BCUT2D eigenvalue weighted by Crippen LogP contribution is 2.29. The van der Waals surface area contributed by atoms with E-state index < -0.39 is 26.9 Å². The second kappa shape index (κ2) is 4.84. The van der Waals surface area contributed by atoms with Crippen LogP contribution in [0.25, 0.3) is 0 Å². The second-order valence-electron chi connectivity index (χ2n) is 5.59. The molecule has 1 fully saturated rings. The fourth-order valence-electron chi connectivity index (χ4n) is 3.08. The smallest absolute Gasteiger partial charge is 0.259 e. The number of hydrogen-bond acceptors (Lipinski definition) is 5. The number of benzene rings is 1. The summed E-state index contributed by atoms with van der Waals surface area (Å²) in [5.41, 5.74) is 1.36. The zero-order valence-corrected chi connectivity index (χ0v) is 12.4. The molecule has 7 heteroatoms. The van der Waals surface area contributed by atoms with Gasteiger partial charge in [0.05, 0.1) is 16.4 Å². The monoisotopic (exact) mass is 308 g/mol. The third-order valence-corrected chi connectivity index (χ3v) is 5.75. The lowest BCUT2D eigenvalue weighted by molar-refractivity contribution is 0.0879. The van der Waals surface area contributed by atoms with Crippen LogP contribution in [0.3, 0.4) is 0 Å². The molecular formula is C14H16N2O4S. The standard InChI is InChI=1S/C14H16N2O4S/c1-21(19,20)12-4-2-3-11(12)15-8-5-6-9-10(7-8)14(18)16-13(9)17/h5-7,11-12,15H,2-4H2,1H3,(H,16,17,18). The van der Waals surface area contributed by atoms with E-state index in [2.05, 4.69) is 10.6 Å². The van der Waals surface area contributed by atoms with Gasteiger partial charge in [-0.3, -0.25) is 14.9 Å². The highest BCUT2D eigenvalue weighted by molar-refractivity contribution is 7.91. The van der Waals surface area contributed by atoms with E-state index in [1.807, 2.05) is 0 Å². The number of hydrogen-bond donors (Lipinski definition) is 2. The molecule has 21 heavy (non-hydrogen) atoms. The Balaban J connectivity index is 1.85. The molecular weight excluding hydrogens is 292 g/mol. The number of carbonyl (C=O) groups excluding carboxylic acids is 2. The van der Waals surface area contributed by atoms with Gasteiger partial charge in [0, 0.05) is 18.0 Å². The molecule has 3 rings (SSSR count). The van der Waals surface area contributed by atoms with Gasteiger partial charge in [0.2, 0.25) is 0 Å². The Morgan fingerprint density at radius 3 is 2.57 bits per heavy atom. The number of sulfone groups is 1. The lowest BCUT2D eigenvalue weighted by Crippen LogP contribution is -2.34. The van der Waals surface area contributed by atoms with E-state index in [1.165, 1.54) is 6.26 Å². The highest BCUT2D eigenvalue weighted by Gasteiger charge is 2.35. The largest absolute Gasteiger partial charge is 0.381 e. The summed E-state index contributed by atoms with van der Waals surface area (Å²) in [6, 6.07) is 4.74. The molecule has 0 bridgehead atoms. The Hall–Kier alpha value is -1.89. The first-order valence-corrected chi connectivity index (χ1v) is 8.77. The van der Waals surface area contributed by atoms with Crippen molar-refractivity contribution >= 4 is 27.3 Å². The molecule has 2 unspecified atom stereocenters. The molecule has 0 saturated heterocycles. The molecule has 6 nitrogen and oxygen atoms in total. The summed E-state index contributed by atoms with van der Waals surface area (Å²) in [5, 5.41) is 5.03. The minimum absolute atomic E-state index is 0.154. The number of fused-ring (bicyclic) bond motifs is 1. The van der Waals surface area contributed by atoms with Crippen LogP contribution in [-0.4, -0.2) is 37.8 Å². The number of amides is 2. The zero-order valence-electron chi connectivity index (χ0n) is 11.5. The van der Waals surface area contributed by atoms with Crippen LogP contribution in [0.5, 0.6) is 0 Å². The molecule has 2 aliphatic rings. The molecule has 1 heterocycles. The predicted molar refractivity (Wildman–Crippen MR) is 78.1 cm³/mol. The second-order valence-corrected chi connectivity index (χ2v) is 7.86. The van der Waals surface area contributed by atoms with Crippen molar-refractivity contribution in [3.8, 4) is 0 Å². The molecule has 0 spiro atoms. The summed E-state index contributed by atoms with van der Waals surface area (Å²) in [6.45, 7) is 0. The number of carbonyl (C=O) groups is 2. The van der Waals surface area contributed by atoms with Crippen LogP contribution in [0, 0.1) is 0 Å². The Kier molecular flexibility index (Phi) is 3.24. The van der Waals surface area contributed by atoms with Gasteiger partial charge in [0.25, 0.3) is 11.8 Å². The Labute approximate surface area is 122 Å². The van der Waals surface area contributed by atoms with Crippen LogP contribution in [0.4, 0.5) is 5.69 Å². The van der Waals surface area contributed by atoms with Crippen molar-refractivity contribution in [2.75, 3.05) is 11.6 Å². The Morgan fingerprint density at radius 1 is 1.14 bits per heavy atom. The lowest BCUT2D eigenvalue weighted by Gasteiger charge is -2.20. The number of nitrogens with one attached hydrogen (secondary N) is 2. The van der Waals surface area contributed by atoms with Gasteiger partial charge in [-0.25, -0.2) is 8.42 Å². The Morgan fingerprint density at radius 2 is 1.86 bits per heavy atom. The van der Waals surface area contributed by atoms with Crippen molar-refractivity contribution < 1.29 is 18.0 Å². The summed E-state index contributed by atoms with van der Waals surface area (Å²) >= 11 is 0. The fourth-order valence-corrected chi connectivity index (χ4v) is 4.47. The van der Waals surface area contributed by atoms with Crippen molar-refractivity contribution in [1.82, 2.24) is 5.32 Å². The van der Waals surface area contributed by atoms with Gasteiger partial charge < -0.3 is 5.32 Å². The predicted octanol–water partition coefficient (Wildman–Crippen LogP) is 0.948. The van der Waals surface area contributed by atoms with E-state index in [1.54, 1.807) is 18.2 Å². The van der Waals surface area contributed by atoms with Crippen LogP contribution < -0.4 is 10.6 Å². The van der Waals surface area contributed by atoms with E-state index in [4.69, 9.17) is 0 Å². The fraction of sp³-hybridized carbons (Fsp3) is 0.429. The average molecular weight is 308 g/mol. The van der Waals surface area contributed by atoms with E-state index in [9.17, 15) is 18.0 Å². The molecule has 2 N–H and O–H groups in total. The SMILES string of the molecule is CS(=O)(=O)C1CCCC1Nc1ccc2c(c1)C(=O)NC2=O. The minimum Gasteiger partial charge on any atom is -0.381 e. The molecule has 2 amide bonds. The van der Waals surface area contributed by atoms with Crippen molar-refractivity contribution in [1.29, 1.82) is 0 Å². The maximum atomic E-state index is 11.8. The van der Waals surface area contributed by atoms with Gasteiger partial charge in [0.1, 0.15) is 0 Å². The summed E-state index contributed by atoms with van der Waals surface area (Å²) in [6.07, 6.45) is 3.55. The molecule has 1 aliphatic heterocycles. The average Bonchev–Trinajstić information content (AvgIpc) is 2.95. The number of rotatable bonds is 3. The van der Waals surface area contributed by atoms with Crippen molar-refractivity contribution in [2.45, 2.75) is 30.6 Å². The van der Waals surface area contributed by atoms with Crippen LogP contribution in [0.15, 0.2) is 18.2 Å². The maximum Gasteiger partial charge on any atom is 0.259 e. The third-order valence-electron chi connectivity index (χ3n) is 4.09. The van der Waals surface area contributed by atoms with E-state index >= 15 is 0 Å². The molecule has 1 saturated carbocycles. The lowest BCUT2D eigenvalue weighted by atomic mass is 10.1. The zero-order chi connectivity index (χ0) is 15.2. The van der Waals surface area contributed by atoms with Gasteiger partial charge in [-0.2, -0.15) is 0 Å². The first-order valence-electron chi connectivity index (χ1n) is 6.81. The first kappa shape index (κ1) is 14.1. The van der Waals surface area contributed by atoms with Gasteiger partial charge >= 0.3 is 0 Å². The van der Waals surface area contributed by atoms with Gasteiger partial charge in [-0.05, 0) is 37.5 Å². The van der Waals surface area contributed by atoms with Gasteiger partial charge in [-0.15, -0.1) is 0 Å². The van der Waals surface area contributed by atoms with Crippen molar-refractivity contribution in [2.24, 2.45) is 0 Å². The van der Waals surface area contributed by atoms with Crippen LogP contribution in [0.2, 0.25) is 0 Å². The van der Waals surface area contributed by atoms with E-state index in [0.717, 1.165) is 12.8 Å². The van der Waals surface area contributed by atoms with Crippen molar-refractivity contribution in [3.05, 3.63) is 29.3 Å². The first-order chi connectivity index (χ1) is 9.86. The third kappa shape index (κ3) is 2.53. The molecule has 0 aromatic heterocycles. The summed E-state index contributed by atoms with van der Waals surface area (Å²) in [5.74, 6) is -0.804. The quantitative estimate of drug-likeness (QED) is 0.811. The molecule has 1 aromatic carbocycles.